The second kappa shape index (κ2) is 4.41. The highest BCUT2D eigenvalue weighted by atomic mass is 32.2. The van der Waals surface area contributed by atoms with E-state index in [1.807, 2.05) is 0 Å². The number of anilines is 1. The van der Waals surface area contributed by atoms with E-state index in [1.165, 1.54) is 6.07 Å². The van der Waals surface area contributed by atoms with Crippen LogP contribution in [0.3, 0.4) is 0 Å². The van der Waals surface area contributed by atoms with Crippen LogP contribution in [0.2, 0.25) is 0 Å². The van der Waals surface area contributed by atoms with Gasteiger partial charge in [0.1, 0.15) is 0 Å². The Morgan fingerprint density at radius 1 is 1.40 bits per heavy atom. The number of fused-ring (bicyclic) bond motifs is 1. The summed E-state index contributed by atoms with van der Waals surface area (Å²) in [6, 6.07) is 4.84. The van der Waals surface area contributed by atoms with Gasteiger partial charge in [0, 0.05) is 0 Å². The number of amides is 1. The Labute approximate surface area is 114 Å². The maximum Gasteiger partial charge on any atom is 0.235 e. The van der Waals surface area contributed by atoms with Crippen molar-refractivity contribution >= 4 is 21.4 Å². The summed E-state index contributed by atoms with van der Waals surface area (Å²) >= 11 is 0. The zero-order valence-electron chi connectivity index (χ0n) is 10.5. The molecule has 7 nitrogen and oxygen atoms in total. The van der Waals surface area contributed by atoms with Gasteiger partial charge >= 0.3 is 0 Å². The summed E-state index contributed by atoms with van der Waals surface area (Å²) in [7, 11) is -3.78. The van der Waals surface area contributed by atoms with E-state index in [0.29, 0.717) is 0 Å². The molecule has 8 heteroatoms. The monoisotopic (exact) mass is 293 g/mol. The van der Waals surface area contributed by atoms with E-state index >= 15 is 0 Å². The lowest BCUT2D eigenvalue weighted by Gasteiger charge is -2.11. The van der Waals surface area contributed by atoms with Crippen LogP contribution in [0.4, 0.5) is 5.69 Å². The van der Waals surface area contributed by atoms with Gasteiger partial charge in [-0.3, -0.25) is 4.79 Å². The minimum Gasteiger partial charge on any atom is -0.427 e. The van der Waals surface area contributed by atoms with Crippen molar-refractivity contribution in [1.29, 1.82) is 0 Å². The normalized spacial score (nSPS) is 20.9. The molecule has 0 spiro atoms. The number of nitrogens with zero attached hydrogens (tertiary/aromatic N) is 2. The van der Waals surface area contributed by atoms with Crippen LogP contribution in [-0.2, 0) is 14.6 Å². The number of hydrogen-bond donors (Lipinski definition) is 1. The number of carbonyl (C=O) groups is 1. The van der Waals surface area contributed by atoms with E-state index in [0.717, 1.165) is 12.0 Å². The molecule has 2 aromatic rings. The van der Waals surface area contributed by atoms with Gasteiger partial charge in [-0.25, -0.2) is 8.42 Å². The highest BCUT2D eigenvalue weighted by Gasteiger charge is 2.39. The molecule has 0 saturated carbocycles. The number of benzene rings is 1. The number of rotatable bonds is 1. The van der Waals surface area contributed by atoms with E-state index in [1.54, 1.807) is 19.1 Å². The molecule has 1 aromatic heterocycles. The topological polar surface area (TPSA) is 102 Å². The van der Waals surface area contributed by atoms with Crippen molar-refractivity contribution in [1.82, 2.24) is 10.2 Å². The Hall–Kier alpha value is -2.22. The number of nitrogens with one attached hydrogen (secondary N) is 1. The van der Waals surface area contributed by atoms with Crippen molar-refractivity contribution in [3.05, 3.63) is 36.0 Å². The van der Waals surface area contributed by atoms with Gasteiger partial charge < -0.3 is 9.73 Å². The fourth-order valence-electron chi connectivity index (χ4n) is 2.14. The van der Waals surface area contributed by atoms with Gasteiger partial charge in [-0.1, -0.05) is 6.07 Å². The lowest BCUT2D eigenvalue weighted by Crippen LogP contribution is -2.17. The molecule has 1 unspecified atom stereocenters. The average Bonchev–Trinajstić information content (AvgIpc) is 2.88. The molecule has 1 N–H and O–H groups in total. The molecule has 0 aliphatic carbocycles. The molecule has 1 aliphatic rings. The highest BCUT2D eigenvalue weighted by Crippen LogP contribution is 2.37. The van der Waals surface area contributed by atoms with Gasteiger partial charge in [-0.2, -0.15) is 0 Å². The summed E-state index contributed by atoms with van der Waals surface area (Å²) in [5.41, 5.74) is 1.07. The van der Waals surface area contributed by atoms with Gasteiger partial charge in [0.15, 0.2) is 15.1 Å². The standard InChI is InChI=1S/C12H11N3O4S/c1-7-2-3-8-9(4-7)20(17,18)10(5-11(16)14-8)12-15-13-6-19-12/h2-4,6,10H,5H2,1H3,(H,14,16). The number of hydrogen-bond acceptors (Lipinski definition) is 6. The van der Waals surface area contributed by atoms with E-state index in [2.05, 4.69) is 15.5 Å². The minimum absolute atomic E-state index is 0.0745. The van der Waals surface area contributed by atoms with Gasteiger partial charge in [0.25, 0.3) is 0 Å². The van der Waals surface area contributed by atoms with Crippen molar-refractivity contribution < 1.29 is 17.6 Å². The molecule has 0 fully saturated rings. The molecule has 2 heterocycles. The molecule has 3 rings (SSSR count). The zero-order chi connectivity index (χ0) is 14.3. The quantitative estimate of drug-likeness (QED) is 0.848. The number of aryl methyl sites for hydroxylation is 1. The van der Waals surface area contributed by atoms with Crippen LogP contribution in [-0.4, -0.2) is 24.5 Å². The molecule has 1 amide bonds. The molecule has 0 radical (unpaired) electrons. The molecule has 104 valence electrons. The third-order valence-electron chi connectivity index (χ3n) is 3.12. The number of carbonyl (C=O) groups excluding carboxylic acids is 1. The smallest absolute Gasteiger partial charge is 0.235 e. The van der Waals surface area contributed by atoms with Crippen LogP contribution >= 0.6 is 0 Å². The molecule has 1 aliphatic heterocycles. The van der Waals surface area contributed by atoms with Crippen molar-refractivity contribution in [2.75, 3.05) is 5.32 Å². The van der Waals surface area contributed by atoms with Crippen LogP contribution in [0.25, 0.3) is 0 Å². The predicted molar refractivity (Wildman–Crippen MR) is 68.7 cm³/mol. The average molecular weight is 293 g/mol. The maximum atomic E-state index is 12.7. The third-order valence-corrected chi connectivity index (χ3v) is 5.18. The first-order valence-corrected chi connectivity index (χ1v) is 7.43. The Bertz CT molecular complexity index is 768. The molecule has 1 atom stereocenters. The number of aromatic nitrogens is 2. The Morgan fingerprint density at radius 2 is 2.20 bits per heavy atom. The largest absolute Gasteiger partial charge is 0.427 e. The lowest BCUT2D eigenvalue weighted by molar-refractivity contribution is -0.116. The van der Waals surface area contributed by atoms with Gasteiger partial charge in [-0.05, 0) is 24.6 Å². The first-order valence-electron chi connectivity index (χ1n) is 5.89. The van der Waals surface area contributed by atoms with E-state index in [4.69, 9.17) is 4.42 Å². The maximum absolute atomic E-state index is 12.7. The van der Waals surface area contributed by atoms with Gasteiger partial charge in [0.2, 0.25) is 18.2 Å². The summed E-state index contributed by atoms with van der Waals surface area (Å²) in [5.74, 6) is -0.478. The van der Waals surface area contributed by atoms with E-state index < -0.39 is 21.0 Å². The van der Waals surface area contributed by atoms with Crippen LogP contribution in [0.5, 0.6) is 0 Å². The lowest BCUT2D eigenvalue weighted by atomic mass is 10.2. The Morgan fingerprint density at radius 3 is 2.90 bits per heavy atom. The van der Waals surface area contributed by atoms with Crippen molar-refractivity contribution in [2.24, 2.45) is 0 Å². The summed E-state index contributed by atoms with van der Waals surface area (Å²) in [6.45, 7) is 1.78. The summed E-state index contributed by atoms with van der Waals surface area (Å²) < 4.78 is 30.4. The van der Waals surface area contributed by atoms with Crippen LogP contribution in [0, 0.1) is 6.92 Å². The number of sulfone groups is 1. The van der Waals surface area contributed by atoms with Crippen LogP contribution < -0.4 is 5.32 Å². The highest BCUT2D eigenvalue weighted by molar-refractivity contribution is 7.91. The molecular formula is C12H11N3O4S. The predicted octanol–water partition coefficient (Wildman–Crippen LogP) is 1.24. The summed E-state index contributed by atoms with van der Waals surface area (Å²) in [5, 5.41) is 8.54. The summed E-state index contributed by atoms with van der Waals surface area (Å²) in [6.07, 6.45) is 0.795. The second-order valence-corrected chi connectivity index (χ2v) is 6.66. The van der Waals surface area contributed by atoms with Crippen molar-refractivity contribution in [2.45, 2.75) is 23.5 Å². The molecular weight excluding hydrogens is 282 g/mol. The van der Waals surface area contributed by atoms with Crippen LogP contribution in [0.1, 0.15) is 23.1 Å². The fraction of sp³-hybridized carbons (Fsp3) is 0.250. The third kappa shape index (κ3) is 1.97. The molecule has 20 heavy (non-hydrogen) atoms. The molecule has 0 bridgehead atoms. The van der Waals surface area contributed by atoms with E-state index in [9.17, 15) is 13.2 Å². The molecule has 0 saturated heterocycles. The summed E-state index contributed by atoms with van der Waals surface area (Å²) in [4.78, 5) is 11.9. The SMILES string of the molecule is Cc1ccc2c(c1)S(=O)(=O)C(c1nnco1)CC(=O)N2. The molecule has 1 aromatic carbocycles. The van der Waals surface area contributed by atoms with Gasteiger partial charge in [-0.15, -0.1) is 10.2 Å². The van der Waals surface area contributed by atoms with Gasteiger partial charge in [0.05, 0.1) is 17.0 Å². The second-order valence-electron chi connectivity index (χ2n) is 4.56. The zero-order valence-corrected chi connectivity index (χ0v) is 11.3. The van der Waals surface area contributed by atoms with Crippen molar-refractivity contribution in [3.63, 3.8) is 0 Å². The minimum atomic E-state index is -3.78. The van der Waals surface area contributed by atoms with Crippen molar-refractivity contribution in [3.8, 4) is 0 Å². The Kier molecular flexibility index (Phi) is 2.82. The fourth-order valence-corrected chi connectivity index (χ4v) is 3.96. The van der Waals surface area contributed by atoms with Crippen LogP contribution in [0.15, 0.2) is 33.9 Å². The first kappa shape index (κ1) is 12.8. The first-order chi connectivity index (χ1) is 9.48. The Balaban J connectivity index is 2.23. The van der Waals surface area contributed by atoms with E-state index in [-0.39, 0.29) is 22.9 Å².